The lowest BCUT2D eigenvalue weighted by atomic mass is 10.2. The summed E-state index contributed by atoms with van der Waals surface area (Å²) >= 11 is 0. The Hall–Kier alpha value is -1.16. The van der Waals surface area contributed by atoms with E-state index in [1.54, 1.807) is 6.20 Å². The quantitative estimate of drug-likeness (QED) is 0.725. The topological polar surface area (TPSA) is 28.2 Å². The van der Waals surface area contributed by atoms with Gasteiger partial charge >= 0.3 is 0 Å². The van der Waals surface area contributed by atoms with E-state index >= 15 is 0 Å². The third-order valence-corrected chi connectivity index (χ3v) is 2.42. The number of pyridine rings is 1. The number of nitrogens with one attached hydrogen (secondary N) is 1. The Morgan fingerprint density at radius 2 is 2.43 bits per heavy atom. The average molecular weight is 195 g/mol. The van der Waals surface area contributed by atoms with E-state index in [-0.39, 0.29) is 5.82 Å². The predicted molar refractivity (Wildman–Crippen MR) is 53.9 cm³/mol. The standard InChI is InChI=1S/C10H14FN3/c1-8-7-14(3-2-13-8)10-4-9(11)5-12-6-10/h4-6,8,13H,2-3,7H2,1H3. The first kappa shape index (κ1) is 9.40. The molecule has 1 unspecified atom stereocenters. The van der Waals surface area contributed by atoms with Crippen LogP contribution in [0.3, 0.4) is 0 Å². The number of hydrogen-bond donors (Lipinski definition) is 1. The molecule has 76 valence electrons. The van der Waals surface area contributed by atoms with Crippen molar-refractivity contribution in [2.75, 3.05) is 24.5 Å². The zero-order chi connectivity index (χ0) is 9.97. The molecule has 1 aromatic heterocycles. The zero-order valence-corrected chi connectivity index (χ0v) is 8.20. The van der Waals surface area contributed by atoms with Crippen molar-refractivity contribution in [1.82, 2.24) is 10.3 Å². The van der Waals surface area contributed by atoms with Crippen molar-refractivity contribution in [3.05, 3.63) is 24.3 Å². The molecule has 1 saturated heterocycles. The summed E-state index contributed by atoms with van der Waals surface area (Å²) in [6.45, 7) is 4.89. The third kappa shape index (κ3) is 2.01. The van der Waals surface area contributed by atoms with E-state index in [2.05, 4.69) is 22.1 Å². The molecule has 3 nitrogen and oxygen atoms in total. The Kier molecular flexibility index (Phi) is 2.63. The summed E-state index contributed by atoms with van der Waals surface area (Å²) in [4.78, 5) is 6.00. The molecule has 2 heterocycles. The molecule has 1 fully saturated rings. The van der Waals surface area contributed by atoms with Crippen LogP contribution in [0.2, 0.25) is 0 Å². The minimum absolute atomic E-state index is 0.270. The lowest BCUT2D eigenvalue weighted by Crippen LogP contribution is -2.49. The molecule has 1 aliphatic heterocycles. The molecule has 4 heteroatoms. The highest BCUT2D eigenvalue weighted by molar-refractivity contribution is 5.44. The molecule has 1 aliphatic rings. The average Bonchev–Trinajstić information content (AvgIpc) is 2.18. The van der Waals surface area contributed by atoms with Crippen LogP contribution >= 0.6 is 0 Å². The van der Waals surface area contributed by atoms with E-state index in [1.807, 2.05) is 0 Å². The van der Waals surface area contributed by atoms with Crippen molar-refractivity contribution in [2.24, 2.45) is 0 Å². The summed E-state index contributed by atoms with van der Waals surface area (Å²) in [7, 11) is 0. The highest BCUT2D eigenvalue weighted by Gasteiger charge is 2.16. The molecule has 0 saturated carbocycles. The van der Waals surface area contributed by atoms with Gasteiger partial charge < -0.3 is 10.2 Å². The van der Waals surface area contributed by atoms with Crippen molar-refractivity contribution in [2.45, 2.75) is 13.0 Å². The Bertz CT molecular complexity index is 316. The van der Waals surface area contributed by atoms with E-state index in [9.17, 15) is 4.39 Å². The fourth-order valence-electron chi connectivity index (χ4n) is 1.74. The molecule has 0 spiro atoms. The minimum Gasteiger partial charge on any atom is -0.367 e. The van der Waals surface area contributed by atoms with Gasteiger partial charge in [0.2, 0.25) is 0 Å². The summed E-state index contributed by atoms with van der Waals surface area (Å²) in [6.07, 6.45) is 2.94. The highest BCUT2D eigenvalue weighted by Crippen LogP contribution is 2.15. The zero-order valence-electron chi connectivity index (χ0n) is 8.20. The summed E-state index contributed by atoms with van der Waals surface area (Å²) in [5.74, 6) is -0.270. The van der Waals surface area contributed by atoms with Crippen LogP contribution in [0, 0.1) is 5.82 Å². The fraction of sp³-hybridized carbons (Fsp3) is 0.500. The van der Waals surface area contributed by atoms with Crippen molar-refractivity contribution in [3.63, 3.8) is 0 Å². The normalized spacial score (nSPS) is 22.4. The Labute approximate surface area is 82.9 Å². The molecule has 1 N–H and O–H groups in total. The largest absolute Gasteiger partial charge is 0.367 e. The van der Waals surface area contributed by atoms with Crippen molar-refractivity contribution in [3.8, 4) is 0 Å². The molecule has 0 amide bonds. The van der Waals surface area contributed by atoms with Crippen LogP contribution < -0.4 is 10.2 Å². The SMILES string of the molecule is CC1CN(c2cncc(F)c2)CCN1. The van der Waals surface area contributed by atoms with Crippen LogP contribution in [0.25, 0.3) is 0 Å². The number of anilines is 1. The van der Waals surface area contributed by atoms with E-state index in [0.717, 1.165) is 25.3 Å². The molecule has 0 aromatic carbocycles. The lowest BCUT2D eigenvalue weighted by Gasteiger charge is -2.33. The van der Waals surface area contributed by atoms with Crippen LogP contribution in [0.1, 0.15) is 6.92 Å². The van der Waals surface area contributed by atoms with Crippen LogP contribution in [0.5, 0.6) is 0 Å². The monoisotopic (exact) mass is 195 g/mol. The maximum Gasteiger partial charge on any atom is 0.143 e. The van der Waals surface area contributed by atoms with Crippen LogP contribution in [0.15, 0.2) is 18.5 Å². The summed E-state index contributed by atoms with van der Waals surface area (Å²) in [5.41, 5.74) is 0.873. The summed E-state index contributed by atoms with van der Waals surface area (Å²) in [5, 5.41) is 3.34. The van der Waals surface area contributed by atoms with Crippen molar-refractivity contribution < 1.29 is 4.39 Å². The Morgan fingerprint density at radius 1 is 1.57 bits per heavy atom. The van der Waals surface area contributed by atoms with Gasteiger partial charge in [-0.1, -0.05) is 0 Å². The van der Waals surface area contributed by atoms with E-state index in [4.69, 9.17) is 0 Å². The van der Waals surface area contributed by atoms with Gasteiger partial charge in [-0.2, -0.15) is 0 Å². The second kappa shape index (κ2) is 3.92. The van der Waals surface area contributed by atoms with E-state index < -0.39 is 0 Å². The van der Waals surface area contributed by atoms with Gasteiger partial charge in [0.05, 0.1) is 18.1 Å². The number of aromatic nitrogens is 1. The van der Waals surface area contributed by atoms with Gasteiger partial charge in [-0.25, -0.2) is 4.39 Å². The minimum atomic E-state index is -0.270. The second-order valence-electron chi connectivity index (χ2n) is 3.66. The molecule has 0 bridgehead atoms. The summed E-state index contributed by atoms with van der Waals surface area (Å²) < 4.78 is 12.9. The number of piperazine rings is 1. The predicted octanol–water partition coefficient (Wildman–Crippen LogP) is 1.02. The Balaban J connectivity index is 2.14. The maximum absolute atomic E-state index is 12.9. The number of halogens is 1. The third-order valence-electron chi connectivity index (χ3n) is 2.42. The first-order valence-corrected chi connectivity index (χ1v) is 4.84. The summed E-state index contributed by atoms with van der Waals surface area (Å²) in [6, 6.07) is 1.98. The van der Waals surface area contributed by atoms with Crippen molar-refractivity contribution >= 4 is 5.69 Å². The molecule has 1 atom stereocenters. The van der Waals surface area contributed by atoms with Crippen LogP contribution in [0.4, 0.5) is 10.1 Å². The number of hydrogen-bond acceptors (Lipinski definition) is 3. The van der Waals surface area contributed by atoms with Crippen LogP contribution in [-0.4, -0.2) is 30.7 Å². The molecule has 0 aliphatic carbocycles. The van der Waals surface area contributed by atoms with Crippen LogP contribution in [-0.2, 0) is 0 Å². The Morgan fingerprint density at radius 3 is 3.14 bits per heavy atom. The number of rotatable bonds is 1. The molecular formula is C10H14FN3. The van der Waals surface area contributed by atoms with E-state index in [0.29, 0.717) is 6.04 Å². The van der Waals surface area contributed by atoms with Gasteiger partial charge in [-0.3, -0.25) is 4.98 Å². The van der Waals surface area contributed by atoms with Crippen molar-refractivity contribution in [1.29, 1.82) is 0 Å². The fourth-order valence-corrected chi connectivity index (χ4v) is 1.74. The molecule has 2 rings (SSSR count). The van der Waals surface area contributed by atoms with Gasteiger partial charge in [-0.15, -0.1) is 0 Å². The molecule has 14 heavy (non-hydrogen) atoms. The van der Waals surface area contributed by atoms with Gasteiger partial charge in [0.1, 0.15) is 5.82 Å². The van der Waals surface area contributed by atoms with Gasteiger partial charge in [0.25, 0.3) is 0 Å². The number of nitrogens with zero attached hydrogens (tertiary/aromatic N) is 2. The van der Waals surface area contributed by atoms with Gasteiger partial charge in [-0.05, 0) is 6.92 Å². The second-order valence-corrected chi connectivity index (χ2v) is 3.66. The van der Waals surface area contributed by atoms with E-state index in [1.165, 1.54) is 12.3 Å². The van der Waals surface area contributed by atoms with Gasteiger partial charge in [0, 0.05) is 31.7 Å². The molecule has 0 radical (unpaired) electrons. The lowest BCUT2D eigenvalue weighted by molar-refractivity contribution is 0.483. The highest BCUT2D eigenvalue weighted by atomic mass is 19.1. The molecule has 1 aromatic rings. The first-order valence-electron chi connectivity index (χ1n) is 4.84. The maximum atomic E-state index is 12.9. The smallest absolute Gasteiger partial charge is 0.143 e. The van der Waals surface area contributed by atoms with Gasteiger partial charge in [0.15, 0.2) is 0 Å². The first-order chi connectivity index (χ1) is 6.75. The molecular weight excluding hydrogens is 181 g/mol.